The number of esters is 1. The molecule has 0 saturated carbocycles. The Morgan fingerprint density at radius 3 is 2.29 bits per heavy atom. The van der Waals surface area contributed by atoms with Gasteiger partial charge in [-0.05, 0) is 48.9 Å². The maximum absolute atomic E-state index is 11.5. The molecule has 0 bridgehead atoms. The van der Waals surface area contributed by atoms with Crippen molar-refractivity contribution < 1.29 is 19.0 Å². The monoisotopic (exact) mass is 286 g/mol. The smallest absolute Gasteiger partial charge is 0.337 e. The molecule has 21 heavy (non-hydrogen) atoms. The van der Waals surface area contributed by atoms with Crippen LogP contribution in [0, 0.1) is 0 Å². The zero-order valence-corrected chi connectivity index (χ0v) is 12.2. The van der Waals surface area contributed by atoms with Crippen LogP contribution in [0.4, 0.5) is 0 Å². The van der Waals surface area contributed by atoms with Gasteiger partial charge in [0.05, 0.1) is 19.3 Å². The first-order chi connectivity index (χ1) is 10.2. The molecule has 0 amide bonds. The third kappa shape index (κ3) is 4.24. The summed E-state index contributed by atoms with van der Waals surface area (Å²) >= 11 is 0. The molecular weight excluding hydrogens is 268 g/mol. The highest BCUT2D eigenvalue weighted by Gasteiger charge is 2.06. The van der Waals surface area contributed by atoms with Crippen LogP contribution < -0.4 is 9.47 Å². The second kappa shape index (κ2) is 7.33. The summed E-state index contributed by atoms with van der Waals surface area (Å²) in [6, 6.07) is 14.6. The zero-order chi connectivity index (χ0) is 15.1. The van der Waals surface area contributed by atoms with Gasteiger partial charge in [0.25, 0.3) is 0 Å². The number of benzene rings is 2. The van der Waals surface area contributed by atoms with Crippen molar-refractivity contribution in [2.24, 2.45) is 0 Å². The molecule has 2 rings (SSSR count). The molecule has 0 heterocycles. The van der Waals surface area contributed by atoms with E-state index in [-0.39, 0.29) is 5.97 Å². The molecule has 0 aliphatic heterocycles. The minimum absolute atomic E-state index is 0.349. The fourth-order valence-corrected chi connectivity index (χ4v) is 1.87. The average molecular weight is 286 g/mol. The van der Waals surface area contributed by atoms with Gasteiger partial charge in [-0.3, -0.25) is 0 Å². The van der Waals surface area contributed by atoms with Crippen molar-refractivity contribution in [2.75, 3.05) is 13.7 Å². The lowest BCUT2D eigenvalue weighted by Crippen LogP contribution is -2.03. The van der Waals surface area contributed by atoms with E-state index in [1.807, 2.05) is 43.3 Å². The molecule has 4 nitrogen and oxygen atoms in total. The minimum atomic E-state index is -0.349. The van der Waals surface area contributed by atoms with E-state index in [0.717, 1.165) is 17.1 Å². The zero-order valence-electron chi connectivity index (χ0n) is 12.2. The van der Waals surface area contributed by atoms with E-state index in [2.05, 4.69) is 0 Å². The number of carbonyl (C=O) groups excluding carboxylic acids is 1. The molecule has 0 fully saturated rings. The molecule has 4 heteroatoms. The van der Waals surface area contributed by atoms with E-state index in [1.54, 1.807) is 12.1 Å². The highest BCUT2D eigenvalue weighted by atomic mass is 16.5. The Hall–Kier alpha value is -2.49. The van der Waals surface area contributed by atoms with Gasteiger partial charge in [-0.25, -0.2) is 4.79 Å². The highest BCUT2D eigenvalue weighted by molar-refractivity contribution is 5.89. The average Bonchev–Trinajstić information content (AvgIpc) is 2.54. The SMILES string of the molecule is CCOc1ccc(OCc2cccc(C(=O)OC)c2)cc1. The Labute approximate surface area is 124 Å². The normalized spacial score (nSPS) is 10.0. The Kier molecular flexibility index (Phi) is 5.21. The van der Waals surface area contributed by atoms with Crippen molar-refractivity contribution >= 4 is 5.97 Å². The van der Waals surface area contributed by atoms with Gasteiger partial charge in [-0.2, -0.15) is 0 Å². The van der Waals surface area contributed by atoms with Crippen LogP contribution in [0.3, 0.4) is 0 Å². The Morgan fingerprint density at radius 1 is 1.00 bits per heavy atom. The first-order valence-electron chi connectivity index (χ1n) is 6.76. The van der Waals surface area contributed by atoms with Crippen LogP contribution in [-0.4, -0.2) is 19.7 Å². The highest BCUT2D eigenvalue weighted by Crippen LogP contribution is 2.19. The predicted molar refractivity (Wildman–Crippen MR) is 79.7 cm³/mol. The van der Waals surface area contributed by atoms with Crippen LogP contribution in [0.2, 0.25) is 0 Å². The van der Waals surface area contributed by atoms with Crippen molar-refractivity contribution in [3.8, 4) is 11.5 Å². The molecule has 2 aromatic carbocycles. The molecule has 0 spiro atoms. The lowest BCUT2D eigenvalue weighted by molar-refractivity contribution is 0.0600. The topological polar surface area (TPSA) is 44.8 Å². The summed E-state index contributed by atoms with van der Waals surface area (Å²) < 4.78 is 15.8. The maximum Gasteiger partial charge on any atom is 0.337 e. The van der Waals surface area contributed by atoms with Gasteiger partial charge >= 0.3 is 5.97 Å². The first-order valence-corrected chi connectivity index (χ1v) is 6.76. The minimum Gasteiger partial charge on any atom is -0.494 e. The van der Waals surface area contributed by atoms with Gasteiger partial charge in [0.15, 0.2) is 0 Å². The van der Waals surface area contributed by atoms with Crippen molar-refractivity contribution in [1.29, 1.82) is 0 Å². The number of hydrogen-bond donors (Lipinski definition) is 0. The van der Waals surface area contributed by atoms with Crippen molar-refractivity contribution in [3.05, 3.63) is 59.7 Å². The van der Waals surface area contributed by atoms with E-state index < -0.39 is 0 Å². The van der Waals surface area contributed by atoms with Crippen molar-refractivity contribution in [2.45, 2.75) is 13.5 Å². The lowest BCUT2D eigenvalue weighted by atomic mass is 10.1. The summed E-state index contributed by atoms with van der Waals surface area (Å²) in [6.07, 6.45) is 0. The molecule has 2 aromatic rings. The number of ether oxygens (including phenoxy) is 3. The molecule has 0 aliphatic rings. The van der Waals surface area contributed by atoms with Gasteiger partial charge in [-0.1, -0.05) is 12.1 Å². The molecule has 0 atom stereocenters. The van der Waals surface area contributed by atoms with E-state index in [9.17, 15) is 4.79 Å². The van der Waals surface area contributed by atoms with Gasteiger partial charge < -0.3 is 14.2 Å². The van der Waals surface area contributed by atoms with Crippen LogP contribution in [0.1, 0.15) is 22.8 Å². The number of hydrogen-bond acceptors (Lipinski definition) is 4. The Balaban J connectivity index is 1.97. The summed E-state index contributed by atoms with van der Waals surface area (Å²) in [4.78, 5) is 11.5. The largest absolute Gasteiger partial charge is 0.494 e. The summed E-state index contributed by atoms with van der Waals surface area (Å²) in [5.41, 5.74) is 1.43. The van der Waals surface area contributed by atoms with Crippen LogP contribution in [0.15, 0.2) is 48.5 Å². The molecule has 0 unspecified atom stereocenters. The van der Waals surface area contributed by atoms with Crippen molar-refractivity contribution in [3.63, 3.8) is 0 Å². The molecule has 0 radical (unpaired) electrons. The quantitative estimate of drug-likeness (QED) is 0.763. The van der Waals surface area contributed by atoms with E-state index in [1.165, 1.54) is 7.11 Å². The van der Waals surface area contributed by atoms with Gasteiger partial charge in [-0.15, -0.1) is 0 Å². The molecular formula is C17H18O4. The van der Waals surface area contributed by atoms with Crippen LogP contribution in [-0.2, 0) is 11.3 Å². The predicted octanol–water partition coefficient (Wildman–Crippen LogP) is 3.45. The van der Waals surface area contributed by atoms with E-state index in [4.69, 9.17) is 14.2 Å². The van der Waals surface area contributed by atoms with E-state index >= 15 is 0 Å². The van der Waals surface area contributed by atoms with Gasteiger partial charge in [0.2, 0.25) is 0 Å². The lowest BCUT2D eigenvalue weighted by Gasteiger charge is -2.08. The van der Waals surface area contributed by atoms with Crippen LogP contribution in [0.5, 0.6) is 11.5 Å². The summed E-state index contributed by atoms with van der Waals surface area (Å²) in [5.74, 6) is 1.22. The standard InChI is InChI=1S/C17H18O4/c1-3-20-15-7-9-16(10-8-15)21-12-13-5-4-6-14(11-13)17(18)19-2/h4-11H,3,12H2,1-2H3. The fourth-order valence-electron chi connectivity index (χ4n) is 1.87. The van der Waals surface area contributed by atoms with Gasteiger partial charge in [0, 0.05) is 0 Å². The number of carbonyl (C=O) groups is 1. The Bertz CT molecular complexity index is 590. The number of methoxy groups -OCH3 is 1. The molecule has 0 aliphatic carbocycles. The molecule has 0 saturated heterocycles. The summed E-state index contributed by atoms with van der Waals surface area (Å²) in [5, 5.41) is 0. The second-order valence-electron chi connectivity index (χ2n) is 4.39. The maximum atomic E-state index is 11.5. The number of rotatable bonds is 6. The fraction of sp³-hybridized carbons (Fsp3) is 0.235. The third-order valence-corrected chi connectivity index (χ3v) is 2.89. The molecule has 0 N–H and O–H groups in total. The molecule has 0 aromatic heterocycles. The summed E-state index contributed by atoms with van der Waals surface area (Å²) in [7, 11) is 1.37. The summed E-state index contributed by atoms with van der Waals surface area (Å²) in [6.45, 7) is 2.97. The van der Waals surface area contributed by atoms with Gasteiger partial charge in [0.1, 0.15) is 18.1 Å². The van der Waals surface area contributed by atoms with Crippen LogP contribution >= 0.6 is 0 Å². The van der Waals surface area contributed by atoms with Crippen LogP contribution in [0.25, 0.3) is 0 Å². The second-order valence-corrected chi connectivity index (χ2v) is 4.39. The molecule has 110 valence electrons. The van der Waals surface area contributed by atoms with Crippen molar-refractivity contribution in [1.82, 2.24) is 0 Å². The van der Waals surface area contributed by atoms with E-state index in [0.29, 0.717) is 18.8 Å². The third-order valence-electron chi connectivity index (χ3n) is 2.89. The Morgan fingerprint density at radius 2 is 1.67 bits per heavy atom. The first kappa shape index (κ1) is 14.9.